The van der Waals surface area contributed by atoms with E-state index in [1.165, 1.54) is 43.6 Å². The topological polar surface area (TPSA) is 56.7 Å². The van der Waals surface area contributed by atoms with Crippen molar-refractivity contribution in [3.8, 4) is 51.0 Å². The van der Waals surface area contributed by atoms with Gasteiger partial charge in [-0.1, -0.05) is 170 Å². The van der Waals surface area contributed by atoms with Gasteiger partial charge in [-0.25, -0.2) is 4.98 Å². The van der Waals surface area contributed by atoms with E-state index in [2.05, 4.69) is 174 Å². The van der Waals surface area contributed by atoms with Crippen LogP contribution in [0, 0.1) is 0 Å². The summed E-state index contributed by atoms with van der Waals surface area (Å²) in [6.45, 7) is 0. The van der Waals surface area contributed by atoms with Crippen LogP contribution >= 0.6 is 0 Å². The van der Waals surface area contributed by atoms with Crippen molar-refractivity contribution in [1.82, 2.24) is 19.5 Å². The van der Waals surface area contributed by atoms with Crippen LogP contribution in [0.1, 0.15) is 0 Å². The Hall–Kier alpha value is -7.89. The Labute approximate surface area is 333 Å². The van der Waals surface area contributed by atoms with Crippen molar-refractivity contribution >= 4 is 65.3 Å². The number of para-hydroxylation sites is 3. The number of nitrogens with zero attached hydrogens (tertiary/aromatic N) is 4. The summed E-state index contributed by atoms with van der Waals surface area (Å²) in [5, 5.41) is 9.21. The van der Waals surface area contributed by atoms with E-state index in [9.17, 15) is 0 Å². The van der Waals surface area contributed by atoms with Gasteiger partial charge >= 0.3 is 0 Å². The van der Waals surface area contributed by atoms with Gasteiger partial charge in [0.2, 0.25) is 5.95 Å². The standard InChI is InChI=1S/C53H32N4O/c1-2-13-33(14-3-1)38-21-10-16-36-17-11-22-39(48(36)38)35-27-29-37(30-28-35)51-54-52(44-24-12-23-42-41-19-7-9-26-47(41)58-50(42)44)56-53(55-51)57-45-25-8-6-20-43(45)49-40-18-5-4-15-34(40)31-32-46(49)57/h1-32H. The van der Waals surface area contributed by atoms with Crippen LogP contribution in [-0.2, 0) is 0 Å². The summed E-state index contributed by atoms with van der Waals surface area (Å²) in [5.41, 5.74) is 10.0. The van der Waals surface area contributed by atoms with Gasteiger partial charge in [-0.2, -0.15) is 9.97 Å². The van der Waals surface area contributed by atoms with Crippen LogP contribution in [0.3, 0.4) is 0 Å². The Morgan fingerprint density at radius 2 is 0.948 bits per heavy atom. The van der Waals surface area contributed by atoms with E-state index in [-0.39, 0.29) is 0 Å². The molecule has 5 nitrogen and oxygen atoms in total. The quantitative estimate of drug-likeness (QED) is 0.176. The van der Waals surface area contributed by atoms with Crippen molar-refractivity contribution in [1.29, 1.82) is 0 Å². The molecule has 58 heavy (non-hydrogen) atoms. The van der Waals surface area contributed by atoms with Gasteiger partial charge < -0.3 is 4.42 Å². The zero-order valence-corrected chi connectivity index (χ0v) is 31.2. The highest BCUT2D eigenvalue weighted by atomic mass is 16.3. The van der Waals surface area contributed by atoms with Crippen LogP contribution in [-0.4, -0.2) is 19.5 Å². The maximum absolute atomic E-state index is 6.54. The minimum atomic E-state index is 0.542. The summed E-state index contributed by atoms with van der Waals surface area (Å²) in [5.74, 6) is 1.66. The number of fused-ring (bicyclic) bond motifs is 9. The van der Waals surface area contributed by atoms with Crippen molar-refractivity contribution in [3.05, 3.63) is 194 Å². The third-order valence-corrected chi connectivity index (χ3v) is 11.5. The molecule has 270 valence electrons. The van der Waals surface area contributed by atoms with Crippen LogP contribution < -0.4 is 0 Å². The van der Waals surface area contributed by atoms with Crippen LogP contribution in [0.15, 0.2) is 199 Å². The van der Waals surface area contributed by atoms with Crippen LogP contribution in [0.2, 0.25) is 0 Å². The molecule has 0 fully saturated rings. The first-order chi connectivity index (χ1) is 28.8. The van der Waals surface area contributed by atoms with Gasteiger partial charge in [0.05, 0.1) is 16.6 Å². The first kappa shape index (κ1) is 32.4. The molecule has 3 aromatic heterocycles. The van der Waals surface area contributed by atoms with Crippen molar-refractivity contribution in [2.24, 2.45) is 0 Å². The maximum atomic E-state index is 6.54. The minimum absolute atomic E-state index is 0.542. The summed E-state index contributed by atoms with van der Waals surface area (Å²) < 4.78 is 8.72. The average Bonchev–Trinajstić information content (AvgIpc) is 3.85. The second-order valence-electron chi connectivity index (χ2n) is 14.7. The van der Waals surface area contributed by atoms with Gasteiger partial charge in [0.1, 0.15) is 11.2 Å². The molecule has 12 aromatic rings. The molecule has 0 saturated heterocycles. The molecular formula is C53H32N4O. The number of benzene rings is 9. The number of furan rings is 1. The predicted octanol–water partition coefficient (Wildman–Crippen LogP) is 13.8. The first-order valence-corrected chi connectivity index (χ1v) is 19.5. The van der Waals surface area contributed by atoms with E-state index < -0.39 is 0 Å². The molecule has 0 aliphatic rings. The minimum Gasteiger partial charge on any atom is -0.455 e. The van der Waals surface area contributed by atoms with E-state index in [4.69, 9.17) is 19.4 Å². The van der Waals surface area contributed by atoms with Crippen LogP contribution in [0.25, 0.3) is 116 Å². The SMILES string of the molecule is c1ccc(-c2cccc3cccc(-c4ccc(-c5nc(-c6cccc7c6oc6ccccc67)nc(-n6c7ccccc7c7c8ccccc8ccc76)n5)cc4)c23)cc1. The van der Waals surface area contributed by atoms with Gasteiger partial charge in [-0.3, -0.25) is 4.57 Å². The molecule has 0 aliphatic carbocycles. The molecule has 0 amide bonds. The molecule has 0 radical (unpaired) electrons. The summed E-state index contributed by atoms with van der Waals surface area (Å²) in [6, 6.07) is 68.1. The number of hydrogen-bond acceptors (Lipinski definition) is 4. The van der Waals surface area contributed by atoms with Gasteiger partial charge in [0, 0.05) is 27.1 Å². The second kappa shape index (κ2) is 12.8. The Morgan fingerprint density at radius 1 is 0.345 bits per heavy atom. The normalized spacial score (nSPS) is 11.8. The third kappa shape index (κ3) is 5.00. The highest BCUT2D eigenvalue weighted by Gasteiger charge is 2.21. The van der Waals surface area contributed by atoms with Crippen molar-refractivity contribution < 1.29 is 4.42 Å². The fourth-order valence-electron chi connectivity index (χ4n) is 8.83. The zero-order valence-electron chi connectivity index (χ0n) is 31.2. The van der Waals surface area contributed by atoms with Gasteiger partial charge in [0.15, 0.2) is 11.6 Å². The Morgan fingerprint density at radius 3 is 1.78 bits per heavy atom. The molecule has 12 rings (SSSR count). The van der Waals surface area contributed by atoms with Crippen molar-refractivity contribution in [2.45, 2.75) is 0 Å². The van der Waals surface area contributed by atoms with E-state index in [1.807, 2.05) is 24.3 Å². The second-order valence-corrected chi connectivity index (χ2v) is 14.7. The van der Waals surface area contributed by atoms with Gasteiger partial charge in [-0.05, 0) is 68.1 Å². The molecule has 0 bridgehead atoms. The summed E-state index contributed by atoms with van der Waals surface area (Å²) in [6.07, 6.45) is 0. The van der Waals surface area contributed by atoms with Crippen molar-refractivity contribution in [2.75, 3.05) is 0 Å². The molecule has 0 N–H and O–H groups in total. The average molecular weight is 741 g/mol. The van der Waals surface area contributed by atoms with Crippen molar-refractivity contribution in [3.63, 3.8) is 0 Å². The number of aromatic nitrogens is 4. The molecule has 0 unspecified atom stereocenters. The van der Waals surface area contributed by atoms with Gasteiger partial charge in [0.25, 0.3) is 0 Å². The molecule has 0 aliphatic heterocycles. The van der Waals surface area contributed by atoms with E-state index in [1.54, 1.807) is 0 Å². The van der Waals surface area contributed by atoms with Crippen LogP contribution in [0.5, 0.6) is 0 Å². The van der Waals surface area contributed by atoms with Gasteiger partial charge in [-0.15, -0.1) is 0 Å². The summed E-state index contributed by atoms with van der Waals surface area (Å²) in [7, 11) is 0. The molecular weight excluding hydrogens is 709 g/mol. The summed E-state index contributed by atoms with van der Waals surface area (Å²) in [4.78, 5) is 15.8. The number of hydrogen-bond donors (Lipinski definition) is 0. The predicted molar refractivity (Wildman–Crippen MR) is 238 cm³/mol. The van der Waals surface area contributed by atoms with E-state index >= 15 is 0 Å². The fourth-order valence-corrected chi connectivity index (χ4v) is 8.83. The lowest BCUT2D eigenvalue weighted by molar-refractivity contribution is 0.669. The molecule has 0 saturated carbocycles. The highest BCUT2D eigenvalue weighted by Crippen LogP contribution is 2.40. The largest absolute Gasteiger partial charge is 0.455 e. The lowest BCUT2D eigenvalue weighted by Crippen LogP contribution is -2.06. The molecule has 0 spiro atoms. The Kier molecular flexibility index (Phi) is 7.16. The lowest BCUT2D eigenvalue weighted by Gasteiger charge is -2.14. The third-order valence-electron chi connectivity index (χ3n) is 11.5. The molecule has 5 heteroatoms. The molecule has 3 heterocycles. The smallest absolute Gasteiger partial charge is 0.238 e. The Balaban J connectivity index is 1.08. The number of rotatable bonds is 5. The van der Waals surface area contributed by atoms with E-state index in [0.29, 0.717) is 17.6 Å². The lowest BCUT2D eigenvalue weighted by atomic mass is 9.91. The maximum Gasteiger partial charge on any atom is 0.238 e. The van der Waals surface area contributed by atoms with E-state index in [0.717, 1.165) is 55.0 Å². The summed E-state index contributed by atoms with van der Waals surface area (Å²) >= 11 is 0. The molecule has 0 atom stereocenters. The fraction of sp³-hybridized carbons (Fsp3) is 0. The highest BCUT2D eigenvalue weighted by molar-refractivity contribution is 6.21. The van der Waals surface area contributed by atoms with Crippen LogP contribution in [0.4, 0.5) is 0 Å². The first-order valence-electron chi connectivity index (χ1n) is 19.5. The monoisotopic (exact) mass is 740 g/mol. The molecule has 9 aromatic carbocycles. The Bertz CT molecular complexity index is 3560. The zero-order chi connectivity index (χ0) is 38.2.